The quantitative estimate of drug-likeness (QED) is 0.713. The molecule has 1 N–H and O–H groups in total. The highest BCUT2D eigenvalue weighted by Gasteiger charge is 2.04. The molecule has 0 aliphatic heterocycles. The van der Waals surface area contributed by atoms with Gasteiger partial charge in [-0.2, -0.15) is 5.10 Å². The molecule has 0 aromatic carbocycles. The van der Waals surface area contributed by atoms with E-state index < -0.39 is 0 Å². The predicted octanol–water partition coefficient (Wildman–Crippen LogP) is -0.145. The molecular weight excluding hydrogens is 178 g/mol. The summed E-state index contributed by atoms with van der Waals surface area (Å²) >= 11 is 0. The molecule has 1 aromatic rings. The third-order valence-corrected chi connectivity index (χ3v) is 2.41. The molecule has 0 aliphatic carbocycles. The molecule has 14 heavy (non-hydrogen) atoms. The number of aromatic nitrogens is 3. The summed E-state index contributed by atoms with van der Waals surface area (Å²) < 4.78 is 1.79. The van der Waals surface area contributed by atoms with Crippen LogP contribution < -0.4 is 5.32 Å². The molecule has 0 saturated carbocycles. The average Bonchev–Trinajstić information content (AvgIpc) is 2.51. The van der Waals surface area contributed by atoms with Gasteiger partial charge in [-0.25, -0.2) is 4.98 Å². The highest BCUT2D eigenvalue weighted by molar-refractivity contribution is 4.82. The maximum absolute atomic E-state index is 4.13. The molecule has 0 spiro atoms. The van der Waals surface area contributed by atoms with Gasteiger partial charge in [-0.1, -0.05) is 0 Å². The first-order valence-electron chi connectivity index (χ1n) is 4.81. The zero-order valence-electron chi connectivity index (χ0n) is 9.36. The number of likely N-dealkylation sites (N-methyl/N-ethyl adjacent to an activating group) is 1. The Morgan fingerprint density at radius 3 is 2.79 bits per heavy atom. The van der Waals surface area contributed by atoms with Crippen LogP contribution in [0.2, 0.25) is 0 Å². The summed E-state index contributed by atoms with van der Waals surface area (Å²) in [5, 5.41) is 7.35. The van der Waals surface area contributed by atoms with Crippen LogP contribution in [-0.4, -0.2) is 46.3 Å². The minimum absolute atomic E-state index is 0.531. The van der Waals surface area contributed by atoms with Gasteiger partial charge in [0.1, 0.15) is 12.2 Å². The van der Waals surface area contributed by atoms with Crippen LogP contribution >= 0.6 is 0 Å². The summed E-state index contributed by atoms with van der Waals surface area (Å²) in [4.78, 5) is 6.32. The van der Waals surface area contributed by atoms with Gasteiger partial charge < -0.3 is 10.2 Å². The first-order valence-corrected chi connectivity index (χ1v) is 4.81. The van der Waals surface area contributed by atoms with Crippen LogP contribution in [-0.2, 0) is 13.6 Å². The lowest BCUT2D eigenvalue weighted by Gasteiger charge is -2.19. The summed E-state index contributed by atoms with van der Waals surface area (Å²) in [5.41, 5.74) is 0. The second kappa shape index (κ2) is 5.07. The Kier molecular flexibility index (Phi) is 4.03. The van der Waals surface area contributed by atoms with Gasteiger partial charge in [0.25, 0.3) is 0 Å². The zero-order valence-corrected chi connectivity index (χ0v) is 9.36. The second-order valence-corrected chi connectivity index (χ2v) is 3.74. The van der Waals surface area contributed by atoms with Crippen molar-refractivity contribution >= 4 is 0 Å². The highest BCUT2D eigenvalue weighted by Crippen LogP contribution is 1.92. The van der Waals surface area contributed by atoms with Crippen molar-refractivity contribution in [1.29, 1.82) is 0 Å². The van der Waals surface area contributed by atoms with Gasteiger partial charge in [-0.05, 0) is 21.0 Å². The fourth-order valence-corrected chi connectivity index (χ4v) is 1.06. The molecular formula is C9H19N5. The molecule has 80 valence electrons. The van der Waals surface area contributed by atoms with Crippen molar-refractivity contribution in [1.82, 2.24) is 25.0 Å². The van der Waals surface area contributed by atoms with Crippen molar-refractivity contribution in [3.63, 3.8) is 0 Å². The van der Waals surface area contributed by atoms with E-state index in [2.05, 4.69) is 41.3 Å². The smallest absolute Gasteiger partial charge is 0.140 e. The summed E-state index contributed by atoms with van der Waals surface area (Å²) in [6.45, 7) is 3.91. The molecule has 0 fully saturated rings. The minimum Gasteiger partial charge on any atom is -0.308 e. The SMILES string of the molecule is CC(CNCc1ncnn1C)N(C)C. The van der Waals surface area contributed by atoms with E-state index in [1.165, 1.54) is 0 Å². The number of rotatable bonds is 5. The van der Waals surface area contributed by atoms with Crippen molar-refractivity contribution < 1.29 is 0 Å². The van der Waals surface area contributed by atoms with Gasteiger partial charge in [0.05, 0.1) is 6.54 Å². The van der Waals surface area contributed by atoms with Crippen molar-refractivity contribution in [2.75, 3.05) is 20.6 Å². The number of hydrogen-bond donors (Lipinski definition) is 1. The molecule has 1 atom stereocenters. The molecule has 1 rings (SSSR count). The van der Waals surface area contributed by atoms with E-state index in [1.807, 2.05) is 7.05 Å². The standard InChI is InChI=1S/C9H19N5/c1-8(13(2)3)5-10-6-9-11-7-12-14(9)4/h7-8,10H,5-6H2,1-4H3. The average molecular weight is 197 g/mol. The van der Waals surface area contributed by atoms with Crippen LogP contribution in [0.15, 0.2) is 6.33 Å². The predicted molar refractivity (Wildman–Crippen MR) is 55.9 cm³/mol. The summed E-state index contributed by atoms with van der Waals surface area (Å²) in [6.07, 6.45) is 1.58. The molecule has 5 nitrogen and oxygen atoms in total. The van der Waals surface area contributed by atoms with Crippen LogP contribution in [0.4, 0.5) is 0 Å². The Labute approximate surface area is 85.1 Å². The Morgan fingerprint density at radius 2 is 2.29 bits per heavy atom. The minimum atomic E-state index is 0.531. The van der Waals surface area contributed by atoms with Crippen molar-refractivity contribution in [2.45, 2.75) is 19.5 Å². The van der Waals surface area contributed by atoms with Crippen molar-refractivity contribution in [2.24, 2.45) is 7.05 Å². The molecule has 1 heterocycles. The van der Waals surface area contributed by atoms with E-state index in [-0.39, 0.29) is 0 Å². The number of nitrogens with zero attached hydrogens (tertiary/aromatic N) is 4. The molecule has 0 aliphatic rings. The van der Waals surface area contributed by atoms with E-state index in [1.54, 1.807) is 11.0 Å². The van der Waals surface area contributed by atoms with Crippen molar-refractivity contribution in [3.05, 3.63) is 12.2 Å². The molecule has 0 amide bonds. The third kappa shape index (κ3) is 3.08. The van der Waals surface area contributed by atoms with Crippen LogP contribution in [0, 0.1) is 0 Å². The van der Waals surface area contributed by atoms with Gasteiger partial charge in [0, 0.05) is 19.6 Å². The van der Waals surface area contributed by atoms with Gasteiger partial charge in [-0.15, -0.1) is 0 Å². The largest absolute Gasteiger partial charge is 0.308 e. The first-order chi connectivity index (χ1) is 6.61. The normalized spacial score (nSPS) is 13.5. The molecule has 0 radical (unpaired) electrons. The summed E-state index contributed by atoms with van der Waals surface area (Å²) in [5.74, 6) is 0.968. The first kappa shape index (κ1) is 11.1. The zero-order chi connectivity index (χ0) is 10.6. The molecule has 0 saturated heterocycles. The number of nitrogens with one attached hydrogen (secondary N) is 1. The fraction of sp³-hybridized carbons (Fsp3) is 0.778. The van der Waals surface area contributed by atoms with E-state index in [0.29, 0.717) is 6.04 Å². The lowest BCUT2D eigenvalue weighted by Crippen LogP contribution is -2.35. The molecule has 1 aromatic heterocycles. The van der Waals surface area contributed by atoms with Crippen LogP contribution in [0.1, 0.15) is 12.7 Å². The maximum Gasteiger partial charge on any atom is 0.140 e. The lowest BCUT2D eigenvalue weighted by atomic mass is 10.3. The number of hydrogen-bond acceptors (Lipinski definition) is 4. The maximum atomic E-state index is 4.13. The second-order valence-electron chi connectivity index (χ2n) is 3.74. The van der Waals surface area contributed by atoms with E-state index in [4.69, 9.17) is 0 Å². The Hall–Kier alpha value is -0.940. The van der Waals surface area contributed by atoms with Crippen LogP contribution in [0.3, 0.4) is 0 Å². The summed E-state index contributed by atoms with van der Waals surface area (Å²) in [7, 11) is 6.06. The van der Waals surface area contributed by atoms with E-state index >= 15 is 0 Å². The monoisotopic (exact) mass is 197 g/mol. The molecule has 0 bridgehead atoms. The van der Waals surface area contributed by atoms with Crippen LogP contribution in [0.25, 0.3) is 0 Å². The molecule has 5 heteroatoms. The van der Waals surface area contributed by atoms with Crippen molar-refractivity contribution in [3.8, 4) is 0 Å². The van der Waals surface area contributed by atoms with E-state index in [0.717, 1.165) is 18.9 Å². The highest BCUT2D eigenvalue weighted by atomic mass is 15.3. The molecule has 1 unspecified atom stereocenters. The van der Waals surface area contributed by atoms with Gasteiger partial charge in [0.2, 0.25) is 0 Å². The van der Waals surface area contributed by atoms with Gasteiger partial charge in [-0.3, -0.25) is 4.68 Å². The third-order valence-electron chi connectivity index (χ3n) is 2.41. The van der Waals surface area contributed by atoms with Gasteiger partial charge >= 0.3 is 0 Å². The van der Waals surface area contributed by atoms with Crippen LogP contribution in [0.5, 0.6) is 0 Å². The topological polar surface area (TPSA) is 46.0 Å². The number of aryl methyl sites for hydroxylation is 1. The Bertz CT molecular complexity index is 268. The fourth-order valence-electron chi connectivity index (χ4n) is 1.06. The van der Waals surface area contributed by atoms with E-state index in [9.17, 15) is 0 Å². The Morgan fingerprint density at radius 1 is 1.57 bits per heavy atom. The lowest BCUT2D eigenvalue weighted by molar-refractivity contribution is 0.301. The van der Waals surface area contributed by atoms with Gasteiger partial charge in [0.15, 0.2) is 0 Å². The summed E-state index contributed by atoms with van der Waals surface area (Å²) in [6, 6.07) is 0.531. The Balaban J connectivity index is 2.25.